The number of hydrogen-bond acceptors (Lipinski definition) is 5. The van der Waals surface area contributed by atoms with Gasteiger partial charge in [-0.15, -0.1) is 0 Å². The number of rotatable bonds is 8. The zero-order valence-electron chi connectivity index (χ0n) is 17.9. The summed E-state index contributed by atoms with van der Waals surface area (Å²) < 4.78 is 10.7. The van der Waals surface area contributed by atoms with Crippen molar-refractivity contribution in [3.63, 3.8) is 0 Å². The number of hydrogen-bond donors (Lipinski definition) is 1. The van der Waals surface area contributed by atoms with Crippen LogP contribution in [0.4, 0.5) is 0 Å². The monoisotopic (exact) mass is 416 g/mol. The molecule has 2 atom stereocenters. The largest absolute Gasteiger partial charge is 0.468 e. The van der Waals surface area contributed by atoms with Gasteiger partial charge in [0.2, 0.25) is 11.8 Å². The van der Waals surface area contributed by atoms with E-state index in [1.54, 1.807) is 17.2 Å². The summed E-state index contributed by atoms with van der Waals surface area (Å²) in [5, 5.41) is 2.89. The smallest absolute Gasteiger partial charge is 0.317 e. The van der Waals surface area contributed by atoms with Gasteiger partial charge in [-0.1, -0.05) is 25.8 Å². The molecular formula is C23H32N2O5. The molecule has 1 aromatic heterocycles. The molecule has 0 radical (unpaired) electrons. The Balaban J connectivity index is 1.92. The second-order valence-corrected chi connectivity index (χ2v) is 8.22. The number of carbonyl (C=O) groups excluding carboxylic acids is 3. The maximum Gasteiger partial charge on any atom is 0.317 e. The summed E-state index contributed by atoms with van der Waals surface area (Å²) in [6.07, 6.45) is 9.07. The van der Waals surface area contributed by atoms with E-state index < -0.39 is 11.3 Å². The maximum absolute atomic E-state index is 13.4. The van der Waals surface area contributed by atoms with E-state index in [-0.39, 0.29) is 30.7 Å². The molecule has 7 nitrogen and oxygen atoms in total. The number of likely N-dealkylation sites (tertiary alicyclic amines) is 1. The number of amides is 2. The average Bonchev–Trinajstić information content (AvgIpc) is 3.16. The van der Waals surface area contributed by atoms with Gasteiger partial charge in [-0.3, -0.25) is 14.4 Å². The van der Waals surface area contributed by atoms with Gasteiger partial charge < -0.3 is 19.4 Å². The lowest BCUT2D eigenvalue weighted by Gasteiger charge is -2.45. The molecule has 1 aliphatic carbocycles. The Kier molecular flexibility index (Phi) is 7.34. The van der Waals surface area contributed by atoms with Crippen molar-refractivity contribution < 1.29 is 23.5 Å². The Hall–Kier alpha value is -2.57. The summed E-state index contributed by atoms with van der Waals surface area (Å²) >= 11 is 0. The number of ether oxygens (including phenoxy) is 1. The lowest BCUT2D eigenvalue weighted by Crippen LogP contribution is -2.53. The summed E-state index contributed by atoms with van der Waals surface area (Å²) in [6.45, 7) is 2.90. The van der Waals surface area contributed by atoms with Crippen LogP contribution in [0.3, 0.4) is 0 Å². The van der Waals surface area contributed by atoms with Crippen LogP contribution in [0.2, 0.25) is 0 Å². The van der Waals surface area contributed by atoms with Crippen LogP contribution in [0.15, 0.2) is 34.6 Å². The number of nitrogens with one attached hydrogen (secondary N) is 1. The molecule has 3 rings (SSSR count). The quantitative estimate of drug-likeness (QED) is 0.517. The van der Waals surface area contributed by atoms with Crippen LogP contribution in [0.25, 0.3) is 0 Å². The van der Waals surface area contributed by atoms with Crippen LogP contribution in [-0.2, 0) is 25.7 Å². The van der Waals surface area contributed by atoms with Crippen LogP contribution < -0.4 is 5.32 Å². The molecule has 1 N–H and O–H groups in total. The van der Waals surface area contributed by atoms with Crippen molar-refractivity contribution >= 4 is 17.8 Å². The Labute approximate surface area is 177 Å². The van der Waals surface area contributed by atoms with E-state index in [1.807, 2.05) is 12.1 Å². The molecule has 7 heteroatoms. The second-order valence-electron chi connectivity index (χ2n) is 8.22. The van der Waals surface area contributed by atoms with Crippen molar-refractivity contribution in [2.45, 2.75) is 64.8 Å². The van der Waals surface area contributed by atoms with Crippen LogP contribution >= 0.6 is 0 Å². The minimum Gasteiger partial charge on any atom is -0.468 e. The molecule has 1 saturated heterocycles. The molecule has 1 fully saturated rings. The van der Waals surface area contributed by atoms with Crippen LogP contribution in [-0.4, -0.2) is 36.3 Å². The van der Waals surface area contributed by atoms with Gasteiger partial charge in [-0.2, -0.15) is 0 Å². The summed E-state index contributed by atoms with van der Waals surface area (Å²) in [7, 11) is 1.39. The van der Waals surface area contributed by atoms with E-state index in [4.69, 9.17) is 9.15 Å². The Morgan fingerprint density at radius 1 is 1.37 bits per heavy atom. The standard InChI is InChI=1S/C23H32N2O5/c1-3-4-12-24-20(26)14-17-15-23(22(28)29-2)11-7-5-6-10-19(23)25(21(17)27)16-18-9-8-13-30-18/h8-10,13,17H,3-7,11-12,14-16H2,1-2H3,(H,24,26)/t17-,23-/m0/s1. The zero-order valence-corrected chi connectivity index (χ0v) is 17.9. The molecule has 2 aliphatic rings. The minimum atomic E-state index is -0.903. The van der Waals surface area contributed by atoms with Gasteiger partial charge in [-0.25, -0.2) is 0 Å². The number of unbranched alkanes of at least 4 members (excludes halogenated alkanes) is 1. The topological polar surface area (TPSA) is 88.8 Å². The first-order valence-electron chi connectivity index (χ1n) is 10.9. The molecule has 0 unspecified atom stereocenters. The minimum absolute atomic E-state index is 0.0726. The summed E-state index contributed by atoms with van der Waals surface area (Å²) in [5.74, 6) is -0.550. The van der Waals surface area contributed by atoms with Gasteiger partial charge in [0, 0.05) is 24.6 Å². The molecule has 1 aromatic rings. The summed E-state index contributed by atoms with van der Waals surface area (Å²) in [6, 6.07) is 3.59. The van der Waals surface area contributed by atoms with Gasteiger partial charge in [0.25, 0.3) is 0 Å². The van der Waals surface area contributed by atoms with Crippen LogP contribution in [0.1, 0.15) is 64.1 Å². The van der Waals surface area contributed by atoms with E-state index in [9.17, 15) is 14.4 Å². The van der Waals surface area contributed by atoms with Crippen LogP contribution in [0.5, 0.6) is 0 Å². The van der Waals surface area contributed by atoms with Gasteiger partial charge in [0.15, 0.2) is 0 Å². The van der Waals surface area contributed by atoms with Crippen molar-refractivity contribution in [1.82, 2.24) is 10.2 Å². The Bertz CT molecular complexity index is 786. The molecule has 0 saturated carbocycles. The lowest BCUT2D eigenvalue weighted by atomic mass is 9.69. The highest BCUT2D eigenvalue weighted by Crippen LogP contribution is 2.49. The van der Waals surface area contributed by atoms with Crippen LogP contribution in [0, 0.1) is 11.3 Å². The number of esters is 1. The summed E-state index contributed by atoms with van der Waals surface area (Å²) in [5.41, 5.74) is -0.198. The molecule has 30 heavy (non-hydrogen) atoms. The molecule has 2 amide bonds. The van der Waals surface area contributed by atoms with E-state index >= 15 is 0 Å². The van der Waals surface area contributed by atoms with E-state index in [2.05, 4.69) is 12.2 Å². The lowest BCUT2D eigenvalue weighted by molar-refractivity contribution is -0.160. The second kappa shape index (κ2) is 9.96. The highest BCUT2D eigenvalue weighted by Gasteiger charge is 2.53. The van der Waals surface area contributed by atoms with Crippen molar-refractivity contribution in [3.8, 4) is 0 Å². The fourth-order valence-electron chi connectivity index (χ4n) is 4.62. The van der Waals surface area contributed by atoms with E-state index in [1.165, 1.54) is 7.11 Å². The number of furan rings is 1. The van der Waals surface area contributed by atoms with Gasteiger partial charge >= 0.3 is 5.97 Å². The molecule has 0 bridgehead atoms. The molecule has 164 valence electrons. The van der Waals surface area contributed by atoms with E-state index in [0.717, 1.165) is 32.1 Å². The summed E-state index contributed by atoms with van der Waals surface area (Å²) in [4.78, 5) is 40.6. The molecule has 2 heterocycles. The third-order valence-electron chi connectivity index (χ3n) is 6.14. The predicted molar refractivity (Wildman–Crippen MR) is 111 cm³/mol. The highest BCUT2D eigenvalue weighted by molar-refractivity contribution is 5.92. The van der Waals surface area contributed by atoms with E-state index in [0.29, 0.717) is 30.8 Å². The number of fused-ring (bicyclic) bond motifs is 1. The molecule has 0 aromatic carbocycles. The highest BCUT2D eigenvalue weighted by atomic mass is 16.5. The molecule has 1 aliphatic heterocycles. The maximum atomic E-state index is 13.4. The number of nitrogens with zero attached hydrogens (tertiary/aromatic N) is 1. The number of allylic oxidation sites excluding steroid dienone is 1. The van der Waals surface area contributed by atoms with Crippen molar-refractivity contribution in [2.75, 3.05) is 13.7 Å². The SMILES string of the molecule is CCCCNC(=O)C[C@H]1C[C@@]2(C(=O)OC)CCCCC=C2N(Cc2ccco2)C1=O. The Morgan fingerprint density at radius 2 is 2.20 bits per heavy atom. The Morgan fingerprint density at radius 3 is 2.90 bits per heavy atom. The zero-order chi connectivity index (χ0) is 21.6. The molecular weight excluding hydrogens is 384 g/mol. The first kappa shape index (κ1) is 22.1. The van der Waals surface area contributed by atoms with Crippen molar-refractivity contribution in [3.05, 3.63) is 35.9 Å². The fourth-order valence-corrected chi connectivity index (χ4v) is 4.62. The average molecular weight is 417 g/mol. The van der Waals surface area contributed by atoms with Crippen molar-refractivity contribution in [2.24, 2.45) is 11.3 Å². The van der Waals surface area contributed by atoms with Crippen molar-refractivity contribution in [1.29, 1.82) is 0 Å². The number of piperidine rings is 1. The first-order valence-corrected chi connectivity index (χ1v) is 10.9. The van der Waals surface area contributed by atoms with Gasteiger partial charge in [0.05, 0.1) is 19.9 Å². The van der Waals surface area contributed by atoms with Gasteiger partial charge in [-0.05, 0) is 44.2 Å². The third-order valence-corrected chi connectivity index (χ3v) is 6.14. The normalized spacial score (nSPS) is 23.9. The first-order chi connectivity index (χ1) is 14.5. The van der Waals surface area contributed by atoms with Gasteiger partial charge in [0.1, 0.15) is 11.2 Å². The fraction of sp³-hybridized carbons (Fsp3) is 0.609. The number of carbonyl (C=O) groups is 3. The molecule has 0 spiro atoms. The predicted octanol–water partition coefficient (Wildman–Crippen LogP) is 3.55. The third kappa shape index (κ3) is 4.60. The number of methoxy groups -OCH3 is 1.